The van der Waals surface area contributed by atoms with Crippen molar-refractivity contribution in [3.8, 4) is 0 Å². The molecule has 2 unspecified atom stereocenters. The van der Waals surface area contributed by atoms with Gasteiger partial charge in [0.15, 0.2) is 6.10 Å². The monoisotopic (exact) mass is 901 g/mol. The summed E-state index contributed by atoms with van der Waals surface area (Å²) in [4.78, 5) is 37.3. The van der Waals surface area contributed by atoms with Crippen LogP contribution in [0, 0.1) is 0 Å². The first-order chi connectivity index (χ1) is 31.1. The Bertz CT molecular complexity index is 1230. The van der Waals surface area contributed by atoms with E-state index in [4.69, 9.17) is 18.9 Å². The molecule has 0 aromatic rings. The van der Waals surface area contributed by atoms with E-state index in [1.807, 2.05) is 21.1 Å². The number of quaternary nitrogens is 1. The molecular weight excluding hydrogens is 803 g/mol. The second-order valence-corrected chi connectivity index (χ2v) is 18.5. The number of carbonyl (C=O) groups is 3. The number of unbranched alkanes of at least 4 members (excludes halogenated alkanes) is 22. The fourth-order valence-electron chi connectivity index (χ4n) is 6.93. The second-order valence-electron chi connectivity index (χ2n) is 18.5. The van der Waals surface area contributed by atoms with Crippen molar-refractivity contribution in [2.45, 2.75) is 225 Å². The van der Waals surface area contributed by atoms with Crippen LogP contribution in [0.2, 0.25) is 0 Å². The number of allylic oxidation sites excluding steroid dienone is 10. The maximum absolute atomic E-state index is 12.8. The van der Waals surface area contributed by atoms with Gasteiger partial charge in [0.25, 0.3) is 6.29 Å². The van der Waals surface area contributed by atoms with Gasteiger partial charge in [-0.05, 0) is 83.5 Å². The molecule has 0 aliphatic heterocycles. The molecule has 9 heteroatoms. The van der Waals surface area contributed by atoms with E-state index in [-0.39, 0.29) is 38.6 Å². The molecule has 1 N–H and O–H groups in total. The van der Waals surface area contributed by atoms with Gasteiger partial charge in [-0.15, -0.1) is 0 Å². The lowest BCUT2D eigenvalue weighted by molar-refractivity contribution is -0.870. The Morgan fingerprint density at radius 1 is 0.469 bits per heavy atom. The molecule has 0 aliphatic carbocycles. The van der Waals surface area contributed by atoms with Gasteiger partial charge in [-0.1, -0.05) is 177 Å². The first-order valence-corrected chi connectivity index (χ1v) is 26.0. The SMILES string of the molecule is CCCCCC/C=C\C/C=C\CCCCCCCC(=O)OCC(COC(OCC[N+](C)(C)C)C(=O)O)OC(=O)CCCCCCCCCC/C=C\C/C=C\C/C=C\CCCCCCC. The molecule has 0 spiro atoms. The quantitative estimate of drug-likeness (QED) is 0.0211. The van der Waals surface area contributed by atoms with Gasteiger partial charge in [0.05, 0.1) is 34.4 Å². The summed E-state index contributed by atoms with van der Waals surface area (Å²) in [6.07, 6.45) is 54.2. The highest BCUT2D eigenvalue weighted by molar-refractivity contribution is 5.71. The fraction of sp³-hybridized carbons (Fsp3) is 0.764. The first-order valence-electron chi connectivity index (χ1n) is 26.0. The van der Waals surface area contributed by atoms with Crippen LogP contribution in [0.25, 0.3) is 0 Å². The summed E-state index contributed by atoms with van der Waals surface area (Å²) >= 11 is 0. The number of ether oxygens (including phenoxy) is 4. The molecule has 9 nitrogen and oxygen atoms in total. The second kappa shape index (κ2) is 46.5. The Labute approximate surface area is 393 Å². The number of likely N-dealkylation sites (N-methyl/N-ethyl adjacent to an activating group) is 1. The van der Waals surface area contributed by atoms with E-state index in [9.17, 15) is 19.5 Å². The van der Waals surface area contributed by atoms with E-state index < -0.39 is 24.3 Å². The van der Waals surface area contributed by atoms with Crippen LogP contribution in [0.15, 0.2) is 60.8 Å². The molecule has 0 aromatic heterocycles. The first kappa shape index (κ1) is 61.0. The zero-order valence-electron chi connectivity index (χ0n) is 41.9. The average molecular weight is 901 g/mol. The minimum Gasteiger partial charge on any atom is -0.477 e. The van der Waals surface area contributed by atoms with Gasteiger partial charge in [-0.2, -0.15) is 0 Å². The highest BCUT2D eigenvalue weighted by Crippen LogP contribution is 2.14. The third kappa shape index (κ3) is 47.0. The maximum Gasteiger partial charge on any atom is 0.361 e. The van der Waals surface area contributed by atoms with Crippen LogP contribution in [0.5, 0.6) is 0 Å². The summed E-state index contributed by atoms with van der Waals surface area (Å²) < 4.78 is 22.8. The number of aliphatic carboxylic acids is 1. The van der Waals surface area contributed by atoms with Gasteiger partial charge in [0.2, 0.25) is 0 Å². The molecule has 0 radical (unpaired) electrons. The summed E-state index contributed by atoms with van der Waals surface area (Å²) in [5.74, 6) is -2.04. The molecule has 0 aromatic carbocycles. The third-order valence-corrected chi connectivity index (χ3v) is 11.0. The summed E-state index contributed by atoms with van der Waals surface area (Å²) in [5.41, 5.74) is 0. The zero-order valence-corrected chi connectivity index (χ0v) is 41.9. The average Bonchev–Trinajstić information content (AvgIpc) is 3.26. The van der Waals surface area contributed by atoms with Gasteiger partial charge in [-0.3, -0.25) is 9.59 Å². The van der Waals surface area contributed by atoms with Gasteiger partial charge in [0.1, 0.15) is 13.2 Å². The molecule has 0 rings (SSSR count). The molecule has 0 saturated carbocycles. The summed E-state index contributed by atoms with van der Waals surface area (Å²) in [5, 5.41) is 9.67. The smallest absolute Gasteiger partial charge is 0.361 e. The van der Waals surface area contributed by atoms with Crippen LogP contribution >= 0.6 is 0 Å². The lowest BCUT2D eigenvalue weighted by Gasteiger charge is -2.25. The fourth-order valence-corrected chi connectivity index (χ4v) is 6.93. The third-order valence-electron chi connectivity index (χ3n) is 11.0. The van der Waals surface area contributed by atoms with Crippen LogP contribution in [-0.2, 0) is 33.3 Å². The molecule has 2 atom stereocenters. The minimum atomic E-state index is -1.52. The Kier molecular flexibility index (Phi) is 44.3. The molecule has 0 saturated heterocycles. The zero-order chi connectivity index (χ0) is 47.0. The Hall–Kier alpha value is -3.01. The van der Waals surface area contributed by atoms with Crippen molar-refractivity contribution >= 4 is 17.9 Å². The molecule has 64 heavy (non-hydrogen) atoms. The van der Waals surface area contributed by atoms with Crippen molar-refractivity contribution in [3.05, 3.63) is 60.8 Å². The molecule has 0 fully saturated rings. The number of carbonyl (C=O) groups excluding carboxylic acids is 2. The van der Waals surface area contributed by atoms with Crippen LogP contribution in [0.3, 0.4) is 0 Å². The van der Waals surface area contributed by atoms with E-state index in [2.05, 4.69) is 74.6 Å². The van der Waals surface area contributed by atoms with Crippen LogP contribution in [0.4, 0.5) is 0 Å². The molecule has 0 heterocycles. The van der Waals surface area contributed by atoms with Gasteiger partial charge < -0.3 is 28.5 Å². The highest BCUT2D eigenvalue weighted by atomic mass is 16.7. The molecule has 370 valence electrons. The van der Waals surface area contributed by atoms with Crippen LogP contribution < -0.4 is 0 Å². The van der Waals surface area contributed by atoms with Crippen molar-refractivity contribution in [3.63, 3.8) is 0 Å². The van der Waals surface area contributed by atoms with Crippen LogP contribution in [0.1, 0.15) is 213 Å². The number of hydrogen-bond donors (Lipinski definition) is 1. The van der Waals surface area contributed by atoms with E-state index in [0.717, 1.165) is 83.5 Å². The Morgan fingerprint density at radius 3 is 1.27 bits per heavy atom. The van der Waals surface area contributed by atoms with E-state index in [1.54, 1.807) is 0 Å². The van der Waals surface area contributed by atoms with E-state index in [0.29, 0.717) is 17.4 Å². The lowest BCUT2D eigenvalue weighted by Crippen LogP contribution is -2.40. The Morgan fingerprint density at radius 2 is 0.844 bits per heavy atom. The van der Waals surface area contributed by atoms with Crippen molar-refractivity contribution in [2.24, 2.45) is 0 Å². The number of carboxylic acid groups (broad SMARTS) is 1. The summed E-state index contributed by atoms with van der Waals surface area (Å²) in [6, 6.07) is 0. The number of nitrogens with zero attached hydrogens (tertiary/aromatic N) is 1. The predicted molar refractivity (Wildman–Crippen MR) is 267 cm³/mol. The van der Waals surface area contributed by atoms with Crippen molar-refractivity contribution < 1.29 is 42.9 Å². The molecule has 0 aliphatic rings. The summed E-state index contributed by atoms with van der Waals surface area (Å²) in [6.45, 7) is 4.82. The van der Waals surface area contributed by atoms with Gasteiger partial charge >= 0.3 is 17.9 Å². The normalized spacial score (nSPS) is 13.3. The standard InChI is InChI=1S/C55H97NO8/c1-6-8-10-12-14-16-18-20-22-24-25-26-27-28-29-30-32-34-36-38-40-42-44-46-53(58)64-51(50-63-55(54(59)60)61-48-47-56(3,4)5)49-62-52(57)45-43-41-39-37-35-33-31-23-21-19-17-15-13-11-9-7-2/h17-20,23-25,27-28,31,51,55H,6-16,21-22,26,29-30,32-50H2,1-5H3/p+1/b19-17-,20-18-,25-24-,28-27-,31-23-. The van der Waals surface area contributed by atoms with E-state index >= 15 is 0 Å². The number of esters is 2. The molecule has 0 bridgehead atoms. The summed E-state index contributed by atoms with van der Waals surface area (Å²) in [7, 11) is 5.95. The number of carboxylic acids is 1. The topological polar surface area (TPSA) is 108 Å². The van der Waals surface area contributed by atoms with E-state index in [1.165, 1.54) is 96.3 Å². The predicted octanol–water partition coefficient (Wildman–Crippen LogP) is 14.5. The number of rotatable bonds is 47. The largest absolute Gasteiger partial charge is 0.477 e. The van der Waals surface area contributed by atoms with Crippen molar-refractivity contribution in [2.75, 3.05) is 47.5 Å². The minimum absolute atomic E-state index is 0.181. The highest BCUT2D eigenvalue weighted by Gasteiger charge is 2.25. The lowest BCUT2D eigenvalue weighted by atomic mass is 10.1. The van der Waals surface area contributed by atoms with Crippen LogP contribution in [-0.4, -0.2) is 87.4 Å². The van der Waals surface area contributed by atoms with Gasteiger partial charge in [-0.25, -0.2) is 4.79 Å². The Balaban J connectivity index is 4.37. The number of hydrogen-bond acceptors (Lipinski definition) is 7. The van der Waals surface area contributed by atoms with Crippen molar-refractivity contribution in [1.82, 2.24) is 0 Å². The molecule has 0 amide bonds. The van der Waals surface area contributed by atoms with Gasteiger partial charge in [0, 0.05) is 12.8 Å². The maximum atomic E-state index is 12.8. The molecular formula is C55H98NO8+. The van der Waals surface area contributed by atoms with Crippen molar-refractivity contribution in [1.29, 1.82) is 0 Å².